The number of nitrogens with zero attached hydrogens (tertiary/aromatic N) is 1. The summed E-state index contributed by atoms with van der Waals surface area (Å²) in [7, 11) is 1.55. The SMILES string of the molecule is COc1ccc(NCC(=O)N/N=C\c2cccc(C(F)(F)F)c2)cc1. The van der Waals surface area contributed by atoms with Crippen molar-refractivity contribution < 1.29 is 22.7 Å². The number of hydrogen-bond acceptors (Lipinski definition) is 4. The summed E-state index contributed by atoms with van der Waals surface area (Å²) in [6, 6.07) is 11.6. The molecule has 2 N–H and O–H groups in total. The Morgan fingerprint density at radius 2 is 1.92 bits per heavy atom. The molecule has 132 valence electrons. The predicted molar refractivity (Wildman–Crippen MR) is 88.7 cm³/mol. The van der Waals surface area contributed by atoms with Gasteiger partial charge in [0.2, 0.25) is 0 Å². The second-order valence-corrected chi connectivity index (χ2v) is 5.00. The van der Waals surface area contributed by atoms with Gasteiger partial charge in [0.1, 0.15) is 5.75 Å². The molecule has 0 aliphatic heterocycles. The third-order valence-electron chi connectivity index (χ3n) is 3.16. The summed E-state index contributed by atoms with van der Waals surface area (Å²) in [5.41, 5.74) is 2.42. The highest BCUT2D eigenvalue weighted by molar-refractivity contribution is 5.84. The van der Waals surface area contributed by atoms with Crippen LogP contribution in [0.4, 0.5) is 18.9 Å². The molecule has 0 saturated carbocycles. The van der Waals surface area contributed by atoms with Crippen molar-refractivity contribution in [3.8, 4) is 5.75 Å². The van der Waals surface area contributed by atoms with E-state index in [0.29, 0.717) is 5.75 Å². The van der Waals surface area contributed by atoms with Crippen molar-refractivity contribution in [3.63, 3.8) is 0 Å². The Balaban J connectivity index is 1.84. The molecule has 8 heteroatoms. The van der Waals surface area contributed by atoms with Crippen LogP contribution in [-0.4, -0.2) is 25.8 Å². The fraction of sp³-hybridized carbons (Fsp3) is 0.176. The molecule has 5 nitrogen and oxygen atoms in total. The van der Waals surface area contributed by atoms with Crippen molar-refractivity contribution in [1.82, 2.24) is 5.43 Å². The van der Waals surface area contributed by atoms with Gasteiger partial charge in [-0.2, -0.15) is 18.3 Å². The molecule has 0 fully saturated rings. The number of halogens is 3. The van der Waals surface area contributed by atoms with E-state index in [2.05, 4.69) is 15.8 Å². The van der Waals surface area contributed by atoms with Gasteiger partial charge in [0.25, 0.3) is 5.91 Å². The van der Waals surface area contributed by atoms with Crippen LogP contribution in [0.5, 0.6) is 5.75 Å². The van der Waals surface area contributed by atoms with Crippen molar-refractivity contribution in [2.45, 2.75) is 6.18 Å². The maximum atomic E-state index is 12.6. The quantitative estimate of drug-likeness (QED) is 0.620. The molecule has 2 rings (SSSR count). The van der Waals surface area contributed by atoms with Gasteiger partial charge >= 0.3 is 6.18 Å². The van der Waals surface area contributed by atoms with Gasteiger partial charge in [0, 0.05) is 5.69 Å². The number of methoxy groups -OCH3 is 1. The number of carbonyl (C=O) groups is 1. The number of benzene rings is 2. The van der Waals surface area contributed by atoms with Crippen LogP contribution in [0.25, 0.3) is 0 Å². The first kappa shape index (κ1) is 18.3. The summed E-state index contributed by atoms with van der Waals surface area (Å²) >= 11 is 0. The number of hydrogen-bond donors (Lipinski definition) is 2. The normalized spacial score (nSPS) is 11.4. The van der Waals surface area contributed by atoms with Gasteiger partial charge in [0.05, 0.1) is 25.4 Å². The average Bonchev–Trinajstić information content (AvgIpc) is 2.60. The first-order valence-corrected chi connectivity index (χ1v) is 7.25. The lowest BCUT2D eigenvalue weighted by Gasteiger charge is -2.07. The fourth-order valence-electron chi connectivity index (χ4n) is 1.90. The Labute approximate surface area is 142 Å². The molecule has 0 atom stereocenters. The molecular weight excluding hydrogens is 335 g/mol. The van der Waals surface area contributed by atoms with Gasteiger partial charge in [-0.25, -0.2) is 5.43 Å². The van der Waals surface area contributed by atoms with E-state index >= 15 is 0 Å². The van der Waals surface area contributed by atoms with E-state index in [1.54, 1.807) is 31.4 Å². The molecule has 0 radical (unpaired) electrons. The minimum absolute atomic E-state index is 0.0355. The molecule has 25 heavy (non-hydrogen) atoms. The van der Waals surface area contributed by atoms with E-state index in [4.69, 9.17) is 4.74 Å². The van der Waals surface area contributed by atoms with Crippen LogP contribution in [0.15, 0.2) is 53.6 Å². The van der Waals surface area contributed by atoms with E-state index in [1.807, 2.05) is 0 Å². The van der Waals surface area contributed by atoms with Crippen LogP contribution in [0.2, 0.25) is 0 Å². The number of rotatable bonds is 6. The highest BCUT2D eigenvalue weighted by Gasteiger charge is 2.30. The third-order valence-corrected chi connectivity index (χ3v) is 3.16. The van der Waals surface area contributed by atoms with E-state index in [-0.39, 0.29) is 12.1 Å². The molecule has 0 aromatic heterocycles. The van der Waals surface area contributed by atoms with Gasteiger partial charge in [-0.15, -0.1) is 0 Å². The fourth-order valence-corrected chi connectivity index (χ4v) is 1.90. The van der Waals surface area contributed by atoms with Crippen LogP contribution in [0.1, 0.15) is 11.1 Å². The number of anilines is 1. The minimum atomic E-state index is -4.42. The smallest absolute Gasteiger partial charge is 0.416 e. The van der Waals surface area contributed by atoms with Crippen LogP contribution in [-0.2, 0) is 11.0 Å². The van der Waals surface area contributed by atoms with Crippen molar-refractivity contribution in [3.05, 3.63) is 59.7 Å². The lowest BCUT2D eigenvalue weighted by molar-refractivity contribution is -0.137. The molecule has 0 saturated heterocycles. The zero-order chi connectivity index (χ0) is 18.3. The number of carbonyl (C=O) groups excluding carboxylic acids is 1. The lowest BCUT2D eigenvalue weighted by atomic mass is 10.1. The lowest BCUT2D eigenvalue weighted by Crippen LogP contribution is -2.25. The molecule has 2 aromatic rings. The average molecular weight is 351 g/mol. The minimum Gasteiger partial charge on any atom is -0.497 e. The highest BCUT2D eigenvalue weighted by Crippen LogP contribution is 2.29. The summed E-state index contributed by atoms with van der Waals surface area (Å²) < 4.78 is 42.8. The van der Waals surface area contributed by atoms with E-state index < -0.39 is 17.6 Å². The van der Waals surface area contributed by atoms with Crippen LogP contribution < -0.4 is 15.5 Å². The van der Waals surface area contributed by atoms with E-state index in [9.17, 15) is 18.0 Å². The topological polar surface area (TPSA) is 62.7 Å². The van der Waals surface area contributed by atoms with Gasteiger partial charge in [-0.05, 0) is 42.0 Å². The van der Waals surface area contributed by atoms with Crippen molar-refractivity contribution >= 4 is 17.8 Å². The first-order valence-electron chi connectivity index (χ1n) is 7.25. The van der Waals surface area contributed by atoms with Gasteiger partial charge in [-0.3, -0.25) is 4.79 Å². The van der Waals surface area contributed by atoms with Gasteiger partial charge in [0.15, 0.2) is 0 Å². The van der Waals surface area contributed by atoms with Crippen molar-refractivity contribution in [2.75, 3.05) is 19.0 Å². The number of amides is 1. The number of alkyl halides is 3. The molecule has 1 amide bonds. The first-order chi connectivity index (χ1) is 11.9. The van der Waals surface area contributed by atoms with Crippen molar-refractivity contribution in [1.29, 1.82) is 0 Å². The third kappa shape index (κ3) is 5.83. The highest BCUT2D eigenvalue weighted by atomic mass is 19.4. The molecule has 2 aromatic carbocycles. The Bertz CT molecular complexity index is 744. The van der Waals surface area contributed by atoms with Crippen LogP contribution in [0, 0.1) is 0 Å². The summed E-state index contributed by atoms with van der Waals surface area (Å²) in [5, 5.41) is 6.54. The standard InChI is InChI=1S/C17H16F3N3O2/c1-25-15-7-5-14(6-8-15)21-11-16(24)23-22-10-12-3-2-4-13(9-12)17(18,19)20/h2-10,21H,11H2,1H3,(H,23,24)/b22-10-. The Hall–Kier alpha value is -3.03. The van der Waals surface area contributed by atoms with Crippen LogP contribution >= 0.6 is 0 Å². The van der Waals surface area contributed by atoms with E-state index in [1.165, 1.54) is 12.1 Å². The molecule has 0 spiro atoms. The summed E-state index contributed by atoms with van der Waals surface area (Å²) in [4.78, 5) is 11.7. The number of hydrazone groups is 1. The van der Waals surface area contributed by atoms with Gasteiger partial charge < -0.3 is 10.1 Å². The molecule has 0 bridgehead atoms. The van der Waals surface area contributed by atoms with Gasteiger partial charge in [-0.1, -0.05) is 12.1 Å². The Morgan fingerprint density at radius 1 is 1.20 bits per heavy atom. The molecule has 0 aliphatic rings. The predicted octanol–water partition coefficient (Wildman–Crippen LogP) is 3.28. The summed E-state index contributed by atoms with van der Waals surface area (Å²) in [5.74, 6) is 0.264. The molecular formula is C17H16F3N3O2. The molecule has 0 heterocycles. The zero-order valence-electron chi connectivity index (χ0n) is 13.3. The van der Waals surface area contributed by atoms with Crippen molar-refractivity contribution in [2.24, 2.45) is 5.10 Å². The monoisotopic (exact) mass is 351 g/mol. The van der Waals surface area contributed by atoms with Crippen LogP contribution in [0.3, 0.4) is 0 Å². The maximum absolute atomic E-state index is 12.6. The van der Waals surface area contributed by atoms with E-state index in [0.717, 1.165) is 24.0 Å². The largest absolute Gasteiger partial charge is 0.497 e. The number of nitrogens with one attached hydrogen (secondary N) is 2. The zero-order valence-corrected chi connectivity index (χ0v) is 13.3. The maximum Gasteiger partial charge on any atom is 0.416 e. The molecule has 0 aliphatic carbocycles. The Kier molecular flexibility index (Phi) is 5.99. The summed E-state index contributed by atoms with van der Waals surface area (Å²) in [6.45, 7) is -0.0355. The second kappa shape index (κ2) is 8.18. The Morgan fingerprint density at radius 3 is 2.56 bits per heavy atom. The molecule has 0 unspecified atom stereocenters. The second-order valence-electron chi connectivity index (χ2n) is 5.00. The summed E-state index contributed by atoms with van der Waals surface area (Å²) in [6.07, 6.45) is -3.27. The number of ether oxygens (including phenoxy) is 1.